The third-order valence-electron chi connectivity index (χ3n) is 3.37. The molecule has 1 rings (SSSR count). The molecular formula is C12H20N4O5. The van der Waals surface area contributed by atoms with Crippen LogP contribution in [0.1, 0.15) is 25.7 Å². The molecule has 0 aromatic heterocycles. The molecule has 2 atom stereocenters. The van der Waals surface area contributed by atoms with Crippen LogP contribution in [0.15, 0.2) is 0 Å². The van der Waals surface area contributed by atoms with Crippen molar-refractivity contribution in [2.45, 2.75) is 31.7 Å². The van der Waals surface area contributed by atoms with E-state index in [4.69, 9.17) is 16.6 Å². The molecule has 0 heterocycles. The highest BCUT2D eigenvalue weighted by Crippen LogP contribution is 2.24. The van der Waals surface area contributed by atoms with E-state index < -0.39 is 48.9 Å². The van der Waals surface area contributed by atoms with Crippen molar-refractivity contribution in [2.75, 3.05) is 13.1 Å². The van der Waals surface area contributed by atoms with Crippen LogP contribution in [-0.4, -0.2) is 53.0 Å². The summed E-state index contributed by atoms with van der Waals surface area (Å²) in [5, 5.41) is 11.7. The second-order valence-electron chi connectivity index (χ2n) is 5.07. The Kier molecular flexibility index (Phi) is 5.94. The molecular weight excluding hydrogens is 280 g/mol. The van der Waals surface area contributed by atoms with Crippen LogP contribution < -0.4 is 16.8 Å². The summed E-state index contributed by atoms with van der Waals surface area (Å²) in [4.78, 5) is 45.9. The van der Waals surface area contributed by atoms with Crippen LogP contribution in [0.4, 0.5) is 4.79 Å². The van der Waals surface area contributed by atoms with Gasteiger partial charge in [0.15, 0.2) is 0 Å². The molecule has 118 valence electrons. The fraction of sp³-hybridized carbons (Fsp3) is 0.667. The fourth-order valence-electron chi connectivity index (χ4n) is 2.42. The van der Waals surface area contributed by atoms with E-state index in [1.165, 1.54) is 0 Å². The number of aliphatic carboxylic acids is 1. The molecule has 1 aliphatic carbocycles. The SMILES string of the molecule is NC(=O)CN(CC(N)=O)C(=O)NC1CCCCC1C(=O)O. The number of urea groups is 1. The van der Waals surface area contributed by atoms with Crippen LogP contribution in [-0.2, 0) is 14.4 Å². The van der Waals surface area contributed by atoms with Gasteiger partial charge in [0.25, 0.3) is 0 Å². The van der Waals surface area contributed by atoms with Crippen molar-refractivity contribution >= 4 is 23.8 Å². The van der Waals surface area contributed by atoms with Crippen LogP contribution in [0, 0.1) is 5.92 Å². The largest absolute Gasteiger partial charge is 0.481 e. The van der Waals surface area contributed by atoms with Crippen molar-refractivity contribution in [3.63, 3.8) is 0 Å². The van der Waals surface area contributed by atoms with Crippen LogP contribution in [0.25, 0.3) is 0 Å². The van der Waals surface area contributed by atoms with Gasteiger partial charge in [-0.15, -0.1) is 0 Å². The number of nitrogens with one attached hydrogen (secondary N) is 1. The van der Waals surface area contributed by atoms with E-state index in [0.29, 0.717) is 12.8 Å². The zero-order chi connectivity index (χ0) is 16.0. The minimum absolute atomic E-state index is 0.459. The molecule has 0 aromatic carbocycles. The first-order valence-corrected chi connectivity index (χ1v) is 6.66. The molecule has 4 amide bonds. The molecule has 0 aromatic rings. The summed E-state index contributed by atoms with van der Waals surface area (Å²) < 4.78 is 0. The van der Waals surface area contributed by atoms with Gasteiger partial charge < -0.3 is 26.8 Å². The predicted molar refractivity (Wildman–Crippen MR) is 71.9 cm³/mol. The molecule has 1 fully saturated rings. The Balaban J connectivity index is 2.71. The molecule has 0 spiro atoms. The van der Waals surface area contributed by atoms with Gasteiger partial charge in [0.05, 0.1) is 5.92 Å². The standard InChI is InChI=1S/C12H20N4O5/c13-9(17)5-16(6-10(14)18)12(21)15-8-4-2-1-3-7(8)11(19)20/h7-8H,1-6H2,(H2,13,17)(H2,14,18)(H,15,21)(H,19,20). The van der Waals surface area contributed by atoms with Crippen molar-refractivity contribution in [2.24, 2.45) is 17.4 Å². The highest BCUT2D eigenvalue weighted by Gasteiger charge is 2.33. The normalized spacial score (nSPS) is 21.3. The van der Waals surface area contributed by atoms with E-state index in [1.807, 2.05) is 0 Å². The quantitative estimate of drug-likeness (QED) is 0.475. The van der Waals surface area contributed by atoms with E-state index in [1.54, 1.807) is 0 Å². The average molecular weight is 300 g/mol. The molecule has 9 nitrogen and oxygen atoms in total. The van der Waals surface area contributed by atoms with Gasteiger partial charge in [-0.1, -0.05) is 12.8 Å². The van der Waals surface area contributed by atoms with Crippen LogP contribution in [0.5, 0.6) is 0 Å². The topological polar surface area (TPSA) is 156 Å². The summed E-state index contributed by atoms with van der Waals surface area (Å²) in [7, 11) is 0. The number of rotatable bonds is 6. The molecule has 0 radical (unpaired) electrons. The summed E-state index contributed by atoms with van der Waals surface area (Å²) >= 11 is 0. The summed E-state index contributed by atoms with van der Waals surface area (Å²) in [6.07, 6.45) is 2.60. The lowest BCUT2D eigenvalue weighted by Gasteiger charge is -2.31. The minimum atomic E-state index is -0.976. The molecule has 21 heavy (non-hydrogen) atoms. The summed E-state index contributed by atoms with van der Waals surface area (Å²) in [5.41, 5.74) is 10.0. The number of amides is 4. The lowest BCUT2D eigenvalue weighted by atomic mass is 9.84. The molecule has 1 aliphatic rings. The molecule has 9 heteroatoms. The molecule has 6 N–H and O–H groups in total. The second-order valence-corrected chi connectivity index (χ2v) is 5.07. The Labute approximate surface area is 121 Å². The van der Waals surface area contributed by atoms with E-state index >= 15 is 0 Å². The Morgan fingerprint density at radius 1 is 1.05 bits per heavy atom. The maximum absolute atomic E-state index is 12.1. The second kappa shape index (κ2) is 7.46. The van der Waals surface area contributed by atoms with Crippen LogP contribution >= 0.6 is 0 Å². The maximum Gasteiger partial charge on any atom is 0.318 e. The molecule has 0 saturated heterocycles. The summed E-state index contributed by atoms with van der Waals surface area (Å²) in [6, 6.07) is -1.25. The number of nitrogens with two attached hydrogens (primary N) is 2. The zero-order valence-electron chi connectivity index (χ0n) is 11.6. The third-order valence-corrected chi connectivity index (χ3v) is 3.37. The molecule has 1 saturated carbocycles. The van der Waals surface area contributed by atoms with Gasteiger partial charge in [-0.3, -0.25) is 14.4 Å². The van der Waals surface area contributed by atoms with Crippen LogP contribution in [0.2, 0.25) is 0 Å². The number of hydrogen-bond donors (Lipinski definition) is 4. The van der Waals surface area contributed by atoms with Gasteiger partial charge in [0.2, 0.25) is 11.8 Å². The number of carboxylic acid groups (broad SMARTS) is 1. The van der Waals surface area contributed by atoms with E-state index in [-0.39, 0.29) is 0 Å². The summed E-state index contributed by atoms with van der Waals surface area (Å²) in [6.45, 7) is -0.918. The van der Waals surface area contributed by atoms with Gasteiger partial charge in [-0.05, 0) is 12.8 Å². The van der Waals surface area contributed by atoms with E-state index in [2.05, 4.69) is 5.32 Å². The highest BCUT2D eigenvalue weighted by molar-refractivity contribution is 5.87. The number of primary amides is 2. The van der Waals surface area contributed by atoms with Crippen LogP contribution in [0.3, 0.4) is 0 Å². The van der Waals surface area contributed by atoms with Gasteiger partial charge in [0.1, 0.15) is 13.1 Å². The Hall–Kier alpha value is -2.32. The number of nitrogens with zero attached hydrogens (tertiary/aromatic N) is 1. The van der Waals surface area contributed by atoms with Gasteiger partial charge in [0, 0.05) is 6.04 Å². The molecule has 0 aliphatic heterocycles. The van der Waals surface area contributed by atoms with Crippen molar-refractivity contribution in [3.8, 4) is 0 Å². The van der Waals surface area contributed by atoms with Crippen molar-refractivity contribution in [3.05, 3.63) is 0 Å². The van der Waals surface area contributed by atoms with Gasteiger partial charge >= 0.3 is 12.0 Å². The van der Waals surface area contributed by atoms with E-state index in [0.717, 1.165) is 17.7 Å². The first-order chi connectivity index (χ1) is 9.81. The van der Waals surface area contributed by atoms with Gasteiger partial charge in [-0.2, -0.15) is 0 Å². The molecule has 2 unspecified atom stereocenters. The Morgan fingerprint density at radius 3 is 2.05 bits per heavy atom. The monoisotopic (exact) mass is 300 g/mol. The lowest BCUT2D eigenvalue weighted by Crippen LogP contribution is -2.53. The minimum Gasteiger partial charge on any atom is -0.481 e. The smallest absolute Gasteiger partial charge is 0.318 e. The maximum atomic E-state index is 12.1. The fourth-order valence-corrected chi connectivity index (χ4v) is 2.42. The van der Waals surface area contributed by atoms with E-state index in [9.17, 15) is 19.2 Å². The summed E-state index contributed by atoms with van der Waals surface area (Å²) in [5.74, 6) is -3.22. The number of carboxylic acids is 1. The molecule has 0 bridgehead atoms. The third kappa shape index (κ3) is 5.28. The predicted octanol–water partition coefficient (Wildman–Crippen LogP) is -1.39. The lowest BCUT2D eigenvalue weighted by molar-refractivity contribution is -0.143. The first-order valence-electron chi connectivity index (χ1n) is 6.66. The Morgan fingerprint density at radius 2 is 1.57 bits per heavy atom. The van der Waals surface area contributed by atoms with Crippen molar-refractivity contribution in [1.82, 2.24) is 10.2 Å². The van der Waals surface area contributed by atoms with Gasteiger partial charge in [-0.25, -0.2) is 4.79 Å². The number of carbonyl (C=O) groups excluding carboxylic acids is 3. The van der Waals surface area contributed by atoms with Crippen molar-refractivity contribution < 1.29 is 24.3 Å². The Bertz CT molecular complexity index is 423. The number of carbonyl (C=O) groups is 4. The zero-order valence-corrected chi connectivity index (χ0v) is 11.6. The van der Waals surface area contributed by atoms with Crippen molar-refractivity contribution in [1.29, 1.82) is 0 Å². The average Bonchev–Trinajstić information content (AvgIpc) is 2.37. The highest BCUT2D eigenvalue weighted by atomic mass is 16.4. The first kappa shape index (κ1) is 16.7. The number of hydrogen-bond acceptors (Lipinski definition) is 4.